The van der Waals surface area contributed by atoms with Gasteiger partial charge in [0.2, 0.25) is 5.03 Å². The fourth-order valence-corrected chi connectivity index (χ4v) is 3.59. The third-order valence-corrected chi connectivity index (χ3v) is 5.22. The van der Waals surface area contributed by atoms with Gasteiger partial charge in [0.15, 0.2) is 0 Å². The van der Waals surface area contributed by atoms with E-state index >= 15 is 0 Å². The number of nitrogens with zero attached hydrogens (tertiary/aromatic N) is 2. The van der Waals surface area contributed by atoms with E-state index in [1.165, 1.54) is 10.9 Å². The molecule has 7 heteroatoms. The molecule has 0 radical (unpaired) electrons. The molecule has 5 nitrogen and oxygen atoms in total. The van der Waals surface area contributed by atoms with Crippen molar-refractivity contribution in [3.05, 3.63) is 11.5 Å². The zero-order valence-corrected chi connectivity index (χ0v) is 13.6. The molecule has 1 aromatic heterocycles. The van der Waals surface area contributed by atoms with Crippen LogP contribution in [0.25, 0.3) is 0 Å². The lowest BCUT2D eigenvalue weighted by atomic mass is 9.86. The second-order valence-electron chi connectivity index (χ2n) is 5.46. The average Bonchev–Trinajstić information content (AvgIpc) is 2.59. The molecule has 0 saturated carbocycles. The Kier molecular flexibility index (Phi) is 5.41. The first-order valence-corrected chi connectivity index (χ1v) is 8.19. The first-order chi connectivity index (χ1) is 8.66. The van der Waals surface area contributed by atoms with E-state index in [1.54, 1.807) is 7.05 Å². The highest BCUT2D eigenvalue weighted by Gasteiger charge is 2.25. The molecule has 0 fully saturated rings. The molecule has 0 saturated heterocycles. The van der Waals surface area contributed by atoms with Gasteiger partial charge >= 0.3 is 0 Å². The molecule has 0 atom stereocenters. The quantitative estimate of drug-likeness (QED) is 0.877. The lowest BCUT2D eigenvalue weighted by molar-refractivity contribution is 0.289. The molecule has 1 aromatic rings. The Labute approximate surface area is 120 Å². The van der Waals surface area contributed by atoms with Crippen molar-refractivity contribution in [1.82, 2.24) is 14.3 Å². The van der Waals surface area contributed by atoms with Crippen LogP contribution in [0.1, 0.15) is 27.7 Å². The van der Waals surface area contributed by atoms with Crippen LogP contribution in [0.4, 0.5) is 0 Å². The summed E-state index contributed by atoms with van der Waals surface area (Å²) in [5.74, 6) is 1.08. The van der Waals surface area contributed by atoms with E-state index in [0.29, 0.717) is 18.4 Å². The number of aromatic nitrogens is 2. The number of halogens is 1. The van der Waals surface area contributed by atoms with Crippen molar-refractivity contribution in [1.29, 1.82) is 0 Å². The van der Waals surface area contributed by atoms with E-state index < -0.39 is 10.0 Å². The zero-order valence-electron chi connectivity index (χ0n) is 12.0. The number of rotatable bonds is 6. The van der Waals surface area contributed by atoms with Crippen LogP contribution in [0, 0.1) is 17.8 Å². The van der Waals surface area contributed by atoms with Crippen LogP contribution in [-0.2, 0) is 17.1 Å². The Morgan fingerprint density at radius 2 is 1.84 bits per heavy atom. The predicted molar refractivity (Wildman–Crippen MR) is 76.6 cm³/mol. The zero-order chi connectivity index (χ0) is 14.8. The molecule has 1 N–H and O–H groups in total. The Bertz CT molecular complexity index is 515. The minimum atomic E-state index is -3.65. The molecule has 1 rings (SSSR count). The van der Waals surface area contributed by atoms with Gasteiger partial charge in [-0.1, -0.05) is 39.3 Å². The molecule has 0 unspecified atom stereocenters. The topological polar surface area (TPSA) is 64.0 Å². The maximum absolute atomic E-state index is 12.1. The van der Waals surface area contributed by atoms with Gasteiger partial charge in [0, 0.05) is 13.6 Å². The van der Waals surface area contributed by atoms with E-state index in [2.05, 4.69) is 37.4 Å². The van der Waals surface area contributed by atoms with E-state index in [-0.39, 0.29) is 16.1 Å². The Hall–Kier alpha value is -0.590. The summed E-state index contributed by atoms with van der Waals surface area (Å²) in [6.07, 6.45) is 1.39. The van der Waals surface area contributed by atoms with Crippen LogP contribution in [-0.4, -0.2) is 24.5 Å². The van der Waals surface area contributed by atoms with Crippen LogP contribution < -0.4 is 4.72 Å². The fourth-order valence-electron chi connectivity index (χ4n) is 2.09. The highest BCUT2D eigenvalue weighted by Crippen LogP contribution is 2.22. The Morgan fingerprint density at radius 1 is 1.32 bits per heavy atom. The second-order valence-corrected chi connectivity index (χ2v) is 7.50. The lowest BCUT2D eigenvalue weighted by Crippen LogP contribution is -2.34. The molecular weight excluding hydrogens is 286 g/mol. The number of sulfonamides is 1. The molecule has 110 valence electrons. The summed E-state index contributed by atoms with van der Waals surface area (Å²) in [5.41, 5.74) is 0. The van der Waals surface area contributed by atoms with Gasteiger partial charge < -0.3 is 4.57 Å². The first-order valence-electron chi connectivity index (χ1n) is 6.33. The molecular formula is C12H22ClN3O2S. The minimum absolute atomic E-state index is 0.108. The van der Waals surface area contributed by atoms with Crippen molar-refractivity contribution in [2.24, 2.45) is 24.8 Å². The van der Waals surface area contributed by atoms with Gasteiger partial charge in [-0.05, 0) is 17.8 Å². The SMILES string of the molecule is CC(C)C(CNS(=O)(=O)c1ncn(C)c1Cl)C(C)C. The molecule has 0 amide bonds. The second kappa shape index (κ2) is 6.24. The van der Waals surface area contributed by atoms with Crippen molar-refractivity contribution >= 4 is 21.6 Å². The summed E-state index contributed by atoms with van der Waals surface area (Å²) in [5, 5.41) is 0.0149. The number of aryl methyl sites for hydroxylation is 1. The number of hydrogen-bond donors (Lipinski definition) is 1. The van der Waals surface area contributed by atoms with Crippen LogP contribution >= 0.6 is 11.6 Å². The van der Waals surface area contributed by atoms with Gasteiger partial charge in [-0.2, -0.15) is 0 Å². The van der Waals surface area contributed by atoms with Gasteiger partial charge in [-0.3, -0.25) is 0 Å². The smallest absolute Gasteiger partial charge is 0.261 e. The molecule has 0 aromatic carbocycles. The Balaban J connectivity index is 2.84. The van der Waals surface area contributed by atoms with Crippen LogP contribution in [0.2, 0.25) is 5.15 Å². The lowest BCUT2D eigenvalue weighted by Gasteiger charge is -2.24. The summed E-state index contributed by atoms with van der Waals surface area (Å²) in [7, 11) is -1.99. The van der Waals surface area contributed by atoms with Crippen molar-refractivity contribution < 1.29 is 8.42 Å². The third-order valence-electron chi connectivity index (χ3n) is 3.31. The summed E-state index contributed by atoms with van der Waals surface area (Å²) in [4.78, 5) is 3.84. The van der Waals surface area contributed by atoms with E-state index in [9.17, 15) is 8.42 Å². The normalized spacial score (nSPS) is 12.9. The molecule has 19 heavy (non-hydrogen) atoms. The fraction of sp³-hybridized carbons (Fsp3) is 0.750. The van der Waals surface area contributed by atoms with Crippen molar-refractivity contribution in [2.45, 2.75) is 32.7 Å². The maximum atomic E-state index is 12.1. The van der Waals surface area contributed by atoms with E-state index in [4.69, 9.17) is 11.6 Å². The molecule has 0 bridgehead atoms. The predicted octanol–water partition coefficient (Wildman–Crippen LogP) is 2.28. The van der Waals surface area contributed by atoms with Gasteiger partial charge in [0.25, 0.3) is 10.0 Å². The van der Waals surface area contributed by atoms with Gasteiger partial charge in [-0.25, -0.2) is 18.1 Å². The van der Waals surface area contributed by atoms with Crippen LogP contribution in [0.3, 0.4) is 0 Å². The number of hydrogen-bond acceptors (Lipinski definition) is 3. The van der Waals surface area contributed by atoms with Crippen LogP contribution in [0.5, 0.6) is 0 Å². The van der Waals surface area contributed by atoms with Gasteiger partial charge in [0.1, 0.15) is 5.15 Å². The average molecular weight is 308 g/mol. The highest BCUT2D eigenvalue weighted by atomic mass is 35.5. The van der Waals surface area contributed by atoms with Crippen molar-refractivity contribution in [3.8, 4) is 0 Å². The summed E-state index contributed by atoms with van der Waals surface area (Å²) >= 11 is 5.91. The third kappa shape index (κ3) is 3.94. The standard InChI is InChI=1S/C12H22ClN3O2S/c1-8(2)10(9(3)4)6-15-19(17,18)12-11(13)16(5)7-14-12/h7-10,15H,6H2,1-5H3. The number of nitrogens with one attached hydrogen (secondary N) is 1. The van der Waals surface area contributed by atoms with Gasteiger partial charge in [0.05, 0.1) is 6.33 Å². The first kappa shape index (κ1) is 16.5. The summed E-state index contributed by atoms with van der Waals surface area (Å²) in [6, 6.07) is 0. The summed E-state index contributed by atoms with van der Waals surface area (Å²) in [6.45, 7) is 8.75. The van der Waals surface area contributed by atoms with E-state index in [1.807, 2.05) is 0 Å². The van der Waals surface area contributed by atoms with Gasteiger partial charge in [-0.15, -0.1) is 0 Å². The highest BCUT2D eigenvalue weighted by molar-refractivity contribution is 7.89. The van der Waals surface area contributed by atoms with Crippen molar-refractivity contribution in [2.75, 3.05) is 6.54 Å². The largest absolute Gasteiger partial charge is 0.324 e. The molecule has 0 aliphatic carbocycles. The molecule has 1 heterocycles. The molecule has 0 aliphatic rings. The summed E-state index contributed by atoms with van der Waals surface area (Å²) < 4.78 is 28.4. The molecule has 0 spiro atoms. The molecule has 0 aliphatic heterocycles. The minimum Gasteiger partial charge on any atom is -0.324 e. The van der Waals surface area contributed by atoms with Crippen LogP contribution in [0.15, 0.2) is 11.4 Å². The Morgan fingerprint density at radius 3 is 2.21 bits per heavy atom. The monoisotopic (exact) mass is 307 g/mol. The van der Waals surface area contributed by atoms with Crippen molar-refractivity contribution in [3.63, 3.8) is 0 Å². The van der Waals surface area contributed by atoms with E-state index in [0.717, 1.165) is 0 Å². The maximum Gasteiger partial charge on any atom is 0.261 e. The number of imidazole rings is 1.